The molecule has 1 aromatic rings. The number of rotatable bonds is 7. The first-order chi connectivity index (χ1) is 12.2. The standard InChI is InChI=1S/C21H31N3O/c1-2-3-4-11-16-24-19(25)21(23-20(24)22,17-12-7-5-8-13-17)18-14-9-6-10-15-18/h5,7-8,12-13,18H,2-4,6,9-11,14-16H2,1H3,(H2,22,23)/t21-/m1/s1. The first-order valence-corrected chi connectivity index (χ1v) is 9.93. The molecule has 0 aromatic heterocycles. The third-order valence-electron chi connectivity index (χ3n) is 5.78. The predicted molar refractivity (Wildman–Crippen MR) is 102 cm³/mol. The Labute approximate surface area is 151 Å². The largest absolute Gasteiger partial charge is 0.369 e. The van der Waals surface area contributed by atoms with Crippen molar-refractivity contribution in [3.63, 3.8) is 0 Å². The second kappa shape index (κ2) is 8.03. The summed E-state index contributed by atoms with van der Waals surface area (Å²) in [7, 11) is 0. The van der Waals surface area contributed by atoms with Gasteiger partial charge in [-0.3, -0.25) is 9.69 Å². The number of amides is 1. The second-order valence-corrected chi connectivity index (χ2v) is 7.45. The fourth-order valence-electron chi connectivity index (χ4n) is 4.41. The molecule has 1 amide bonds. The first kappa shape index (κ1) is 18.0. The number of carbonyl (C=O) groups excluding carboxylic acids is 1. The van der Waals surface area contributed by atoms with E-state index in [0.717, 1.165) is 31.2 Å². The van der Waals surface area contributed by atoms with E-state index in [2.05, 4.69) is 6.92 Å². The monoisotopic (exact) mass is 341 g/mol. The van der Waals surface area contributed by atoms with Gasteiger partial charge in [-0.25, -0.2) is 4.99 Å². The van der Waals surface area contributed by atoms with Gasteiger partial charge in [0.05, 0.1) is 0 Å². The molecule has 25 heavy (non-hydrogen) atoms. The molecule has 0 saturated heterocycles. The Morgan fingerprint density at radius 1 is 1.12 bits per heavy atom. The third-order valence-corrected chi connectivity index (χ3v) is 5.78. The van der Waals surface area contributed by atoms with Crippen molar-refractivity contribution >= 4 is 11.9 Å². The van der Waals surface area contributed by atoms with Gasteiger partial charge in [0.2, 0.25) is 0 Å². The van der Waals surface area contributed by atoms with Gasteiger partial charge >= 0.3 is 0 Å². The van der Waals surface area contributed by atoms with Crippen LogP contribution >= 0.6 is 0 Å². The van der Waals surface area contributed by atoms with E-state index in [1.807, 2.05) is 30.3 Å². The number of aliphatic imine (C=N–C) groups is 1. The van der Waals surface area contributed by atoms with E-state index >= 15 is 0 Å². The summed E-state index contributed by atoms with van der Waals surface area (Å²) in [5, 5.41) is 0. The van der Waals surface area contributed by atoms with E-state index in [1.54, 1.807) is 4.90 Å². The zero-order chi connectivity index (χ0) is 17.7. The Bertz CT molecular complexity index is 607. The van der Waals surface area contributed by atoms with Crippen LogP contribution in [0.5, 0.6) is 0 Å². The molecule has 1 aliphatic carbocycles. The van der Waals surface area contributed by atoms with Gasteiger partial charge in [-0.15, -0.1) is 0 Å². The summed E-state index contributed by atoms with van der Waals surface area (Å²) in [4.78, 5) is 20.1. The lowest BCUT2D eigenvalue weighted by Gasteiger charge is -2.36. The molecule has 1 atom stereocenters. The van der Waals surface area contributed by atoms with Crippen LogP contribution in [-0.2, 0) is 10.3 Å². The van der Waals surface area contributed by atoms with Gasteiger partial charge in [0.1, 0.15) is 0 Å². The first-order valence-electron chi connectivity index (χ1n) is 9.93. The molecule has 1 aliphatic heterocycles. The van der Waals surface area contributed by atoms with Crippen molar-refractivity contribution in [1.82, 2.24) is 4.90 Å². The summed E-state index contributed by atoms with van der Waals surface area (Å²) in [6, 6.07) is 10.1. The van der Waals surface area contributed by atoms with Gasteiger partial charge in [0, 0.05) is 6.54 Å². The molecule has 1 heterocycles. The molecular formula is C21H31N3O. The van der Waals surface area contributed by atoms with Gasteiger partial charge < -0.3 is 5.73 Å². The van der Waals surface area contributed by atoms with Crippen LogP contribution in [-0.4, -0.2) is 23.3 Å². The molecule has 4 nitrogen and oxygen atoms in total. The van der Waals surface area contributed by atoms with Crippen molar-refractivity contribution in [3.8, 4) is 0 Å². The molecule has 0 spiro atoms. The minimum Gasteiger partial charge on any atom is -0.369 e. The molecule has 136 valence electrons. The van der Waals surface area contributed by atoms with E-state index in [1.165, 1.54) is 32.1 Å². The van der Waals surface area contributed by atoms with Crippen molar-refractivity contribution in [2.24, 2.45) is 16.6 Å². The predicted octanol–water partition coefficient (Wildman–Crippen LogP) is 4.20. The van der Waals surface area contributed by atoms with Crippen LogP contribution in [0.15, 0.2) is 35.3 Å². The number of nitrogens with two attached hydrogens (primary N) is 1. The molecule has 1 saturated carbocycles. The van der Waals surface area contributed by atoms with E-state index in [4.69, 9.17) is 10.7 Å². The van der Waals surface area contributed by atoms with Crippen molar-refractivity contribution in [3.05, 3.63) is 35.9 Å². The summed E-state index contributed by atoms with van der Waals surface area (Å²) < 4.78 is 0. The summed E-state index contributed by atoms with van der Waals surface area (Å²) in [5.74, 6) is 0.769. The second-order valence-electron chi connectivity index (χ2n) is 7.45. The lowest BCUT2D eigenvalue weighted by molar-refractivity contribution is -0.134. The Morgan fingerprint density at radius 3 is 2.52 bits per heavy atom. The zero-order valence-corrected chi connectivity index (χ0v) is 15.4. The maximum atomic E-state index is 13.5. The molecule has 2 N–H and O–H groups in total. The summed E-state index contributed by atoms with van der Waals surface area (Å²) in [5.41, 5.74) is 6.47. The molecule has 1 fully saturated rings. The van der Waals surface area contributed by atoms with Crippen molar-refractivity contribution in [2.45, 2.75) is 70.3 Å². The van der Waals surface area contributed by atoms with Gasteiger partial charge in [-0.1, -0.05) is 75.8 Å². The summed E-state index contributed by atoms with van der Waals surface area (Å²) in [6.07, 6.45) is 10.2. The summed E-state index contributed by atoms with van der Waals surface area (Å²) >= 11 is 0. The Balaban J connectivity index is 1.89. The maximum Gasteiger partial charge on any atom is 0.262 e. The number of hydrogen-bond acceptors (Lipinski definition) is 3. The molecular weight excluding hydrogens is 310 g/mol. The van der Waals surface area contributed by atoms with Crippen molar-refractivity contribution in [1.29, 1.82) is 0 Å². The number of benzene rings is 1. The normalized spacial score (nSPS) is 24.6. The van der Waals surface area contributed by atoms with E-state index in [9.17, 15) is 4.79 Å². The van der Waals surface area contributed by atoms with Crippen LogP contribution in [0.2, 0.25) is 0 Å². The fraction of sp³-hybridized carbons (Fsp3) is 0.619. The molecule has 1 aromatic carbocycles. The average molecular weight is 341 g/mol. The average Bonchev–Trinajstić information content (AvgIpc) is 2.92. The van der Waals surface area contributed by atoms with Crippen LogP contribution < -0.4 is 5.73 Å². The Hall–Kier alpha value is -1.84. The van der Waals surface area contributed by atoms with Gasteiger partial charge in [-0.2, -0.15) is 0 Å². The highest BCUT2D eigenvalue weighted by molar-refractivity contribution is 6.07. The Morgan fingerprint density at radius 2 is 1.84 bits per heavy atom. The topological polar surface area (TPSA) is 58.7 Å². The molecule has 4 heteroatoms. The van der Waals surface area contributed by atoms with Gasteiger partial charge in [-0.05, 0) is 30.7 Å². The number of unbranched alkanes of at least 4 members (excludes halogenated alkanes) is 3. The molecule has 2 aliphatic rings. The van der Waals surface area contributed by atoms with Crippen LogP contribution in [0.3, 0.4) is 0 Å². The third kappa shape index (κ3) is 3.44. The lowest BCUT2D eigenvalue weighted by Crippen LogP contribution is -2.47. The Kier molecular flexibility index (Phi) is 5.77. The summed E-state index contributed by atoms with van der Waals surface area (Å²) in [6.45, 7) is 2.88. The SMILES string of the molecule is CCCCCCN1C(=O)[C@@](c2ccccc2)(C2CCCCC2)N=C1N. The van der Waals surface area contributed by atoms with E-state index in [-0.39, 0.29) is 11.8 Å². The number of carbonyl (C=O) groups is 1. The van der Waals surface area contributed by atoms with Crippen LogP contribution in [0.4, 0.5) is 0 Å². The van der Waals surface area contributed by atoms with Crippen LogP contribution in [0.1, 0.15) is 70.3 Å². The number of nitrogens with zero attached hydrogens (tertiary/aromatic N) is 2. The van der Waals surface area contributed by atoms with Crippen LogP contribution in [0, 0.1) is 5.92 Å². The van der Waals surface area contributed by atoms with Gasteiger partial charge in [0.15, 0.2) is 11.5 Å². The highest BCUT2D eigenvalue weighted by Crippen LogP contribution is 2.46. The molecule has 3 rings (SSSR count). The quantitative estimate of drug-likeness (QED) is 0.756. The highest BCUT2D eigenvalue weighted by Gasteiger charge is 2.53. The van der Waals surface area contributed by atoms with Crippen molar-refractivity contribution < 1.29 is 4.79 Å². The van der Waals surface area contributed by atoms with E-state index in [0.29, 0.717) is 12.5 Å². The van der Waals surface area contributed by atoms with E-state index < -0.39 is 5.54 Å². The number of guanidine groups is 1. The highest BCUT2D eigenvalue weighted by atomic mass is 16.2. The smallest absolute Gasteiger partial charge is 0.262 e. The van der Waals surface area contributed by atoms with Crippen LogP contribution in [0.25, 0.3) is 0 Å². The minimum atomic E-state index is -0.795. The zero-order valence-electron chi connectivity index (χ0n) is 15.4. The fourth-order valence-corrected chi connectivity index (χ4v) is 4.41. The van der Waals surface area contributed by atoms with Gasteiger partial charge in [0.25, 0.3) is 5.91 Å². The maximum absolute atomic E-state index is 13.5. The lowest BCUT2D eigenvalue weighted by atomic mass is 9.71. The van der Waals surface area contributed by atoms with Crippen molar-refractivity contribution in [2.75, 3.05) is 6.54 Å². The molecule has 0 bridgehead atoms. The molecule has 0 unspecified atom stereocenters. The number of hydrogen-bond donors (Lipinski definition) is 1. The minimum absolute atomic E-state index is 0.0969. The molecule has 0 radical (unpaired) electrons.